The Morgan fingerprint density at radius 1 is 0.974 bits per heavy atom. The molecule has 200 valence electrons. The van der Waals surface area contributed by atoms with Crippen molar-refractivity contribution in [2.75, 3.05) is 13.7 Å². The van der Waals surface area contributed by atoms with E-state index in [2.05, 4.69) is 5.32 Å². The molecule has 1 atom stereocenters. The number of aryl methyl sites for hydroxylation is 1. The molecule has 0 aliphatic carbocycles. The molecule has 3 aromatic carbocycles. The predicted molar refractivity (Wildman–Crippen MR) is 147 cm³/mol. The summed E-state index contributed by atoms with van der Waals surface area (Å²) in [6.45, 7) is 1.03. The first kappa shape index (κ1) is 26.0. The maximum Gasteiger partial charge on any atom is 0.329 e. The predicted octanol–water partition coefficient (Wildman–Crippen LogP) is 4.27. The van der Waals surface area contributed by atoms with Crippen LogP contribution in [0.4, 0.5) is 0 Å². The smallest absolute Gasteiger partial charge is 0.329 e. The third-order valence-corrected chi connectivity index (χ3v) is 6.76. The van der Waals surface area contributed by atoms with Crippen molar-refractivity contribution in [3.05, 3.63) is 106 Å². The zero-order chi connectivity index (χ0) is 27.2. The van der Waals surface area contributed by atoms with Gasteiger partial charge in [-0.2, -0.15) is 0 Å². The Kier molecular flexibility index (Phi) is 7.91. The van der Waals surface area contributed by atoms with Gasteiger partial charge in [-0.05, 0) is 42.2 Å². The van der Waals surface area contributed by atoms with Crippen LogP contribution in [0, 0.1) is 0 Å². The number of hydrogen-bond acceptors (Lipinski definition) is 6. The largest absolute Gasteiger partial charge is 0.493 e. The van der Waals surface area contributed by atoms with E-state index in [1.165, 1.54) is 0 Å². The van der Waals surface area contributed by atoms with Gasteiger partial charge in [0.25, 0.3) is 11.5 Å². The van der Waals surface area contributed by atoms with Gasteiger partial charge in [0.2, 0.25) is 0 Å². The second kappa shape index (κ2) is 11.9. The highest BCUT2D eigenvalue weighted by Gasteiger charge is 2.27. The number of amides is 1. The van der Waals surface area contributed by atoms with Gasteiger partial charge in [0.05, 0.1) is 19.2 Å². The quantitative estimate of drug-likeness (QED) is 0.345. The van der Waals surface area contributed by atoms with E-state index in [0.717, 1.165) is 24.0 Å². The average molecular weight is 527 g/mol. The lowest BCUT2D eigenvalue weighted by atomic mass is 10.0. The van der Waals surface area contributed by atoms with Crippen molar-refractivity contribution in [3.63, 3.8) is 0 Å². The molecule has 1 N–H and O–H groups in total. The van der Waals surface area contributed by atoms with Crippen LogP contribution < -0.4 is 20.3 Å². The molecule has 5 rings (SSSR count). The van der Waals surface area contributed by atoms with Gasteiger partial charge in [0.1, 0.15) is 18.2 Å². The van der Waals surface area contributed by atoms with E-state index < -0.39 is 23.5 Å². The molecule has 0 saturated heterocycles. The molecule has 39 heavy (non-hydrogen) atoms. The normalized spacial score (nSPS) is 13.5. The van der Waals surface area contributed by atoms with Crippen LogP contribution in [0.15, 0.2) is 83.7 Å². The number of carbonyl (C=O) groups is 2. The molecule has 4 aromatic rings. The SMILES string of the molecule is COc1ccc2cc(C(=O)N[C@H](Cc3ccccc3)C(=O)OCc3ccccc3)c(=O)n3c2c1OCCCC3. The van der Waals surface area contributed by atoms with Crippen LogP contribution in [0.2, 0.25) is 0 Å². The summed E-state index contributed by atoms with van der Waals surface area (Å²) in [5.74, 6) is -0.195. The third-order valence-electron chi connectivity index (χ3n) is 6.76. The summed E-state index contributed by atoms with van der Waals surface area (Å²) in [6, 6.07) is 22.8. The number of ether oxygens (including phenoxy) is 3. The summed E-state index contributed by atoms with van der Waals surface area (Å²) in [5, 5.41) is 3.45. The van der Waals surface area contributed by atoms with Gasteiger partial charge in [0, 0.05) is 18.4 Å². The Balaban J connectivity index is 1.46. The number of esters is 1. The van der Waals surface area contributed by atoms with Gasteiger partial charge in [-0.1, -0.05) is 60.7 Å². The van der Waals surface area contributed by atoms with Crippen LogP contribution >= 0.6 is 0 Å². The first-order chi connectivity index (χ1) is 19.0. The van der Waals surface area contributed by atoms with Crippen molar-refractivity contribution in [1.29, 1.82) is 0 Å². The minimum Gasteiger partial charge on any atom is -0.493 e. The van der Waals surface area contributed by atoms with Crippen LogP contribution in [0.3, 0.4) is 0 Å². The highest BCUT2D eigenvalue weighted by molar-refractivity contribution is 6.00. The molecule has 8 heteroatoms. The minimum absolute atomic E-state index is 0.0480. The van der Waals surface area contributed by atoms with E-state index >= 15 is 0 Å². The van der Waals surface area contributed by atoms with Crippen LogP contribution in [0.25, 0.3) is 10.9 Å². The number of methoxy groups -OCH3 is 1. The number of pyridine rings is 1. The molecule has 1 aliphatic heterocycles. The van der Waals surface area contributed by atoms with E-state index in [4.69, 9.17) is 14.2 Å². The highest BCUT2D eigenvalue weighted by Crippen LogP contribution is 2.36. The van der Waals surface area contributed by atoms with E-state index in [9.17, 15) is 14.4 Å². The van der Waals surface area contributed by atoms with Gasteiger partial charge >= 0.3 is 5.97 Å². The van der Waals surface area contributed by atoms with E-state index in [1.54, 1.807) is 29.9 Å². The molecular formula is C31H30N2O6. The highest BCUT2D eigenvalue weighted by atomic mass is 16.5. The Hall–Kier alpha value is -4.59. The first-order valence-corrected chi connectivity index (χ1v) is 13.0. The number of hydrogen-bond donors (Lipinski definition) is 1. The number of nitrogens with one attached hydrogen (secondary N) is 1. The van der Waals surface area contributed by atoms with Crippen molar-refractivity contribution in [1.82, 2.24) is 9.88 Å². The van der Waals surface area contributed by atoms with E-state index in [1.807, 2.05) is 60.7 Å². The zero-order valence-corrected chi connectivity index (χ0v) is 21.7. The Labute approximate surface area is 226 Å². The summed E-state index contributed by atoms with van der Waals surface area (Å²) < 4.78 is 18.6. The van der Waals surface area contributed by atoms with Crippen molar-refractivity contribution in [3.8, 4) is 11.5 Å². The molecule has 8 nitrogen and oxygen atoms in total. The van der Waals surface area contributed by atoms with E-state index in [-0.39, 0.29) is 18.6 Å². The van der Waals surface area contributed by atoms with Crippen LogP contribution in [0.5, 0.6) is 11.5 Å². The Morgan fingerprint density at radius 2 is 1.69 bits per heavy atom. The first-order valence-electron chi connectivity index (χ1n) is 13.0. The fourth-order valence-electron chi connectivity index (χ4n) is 4.76. The standard InChI is InChI=1S/C31H30N2O6/c1-37-26-15-14-23-19-24(30(35)33-16-8-9-17-38-28(26)27(23)33)29(34)32-25(18-21-10-4-2-5-11-21)31(36)39-20-22-12-6-3-7-13-22/h2-7,10-15,19,25H,8-9,16-18,20H2,1H3,(H,32,34)/t25-/m1/s1. The maximum atomic E-state index is 13.6. The van der Waals surface area contributed by atoms with Crippen molar-refractivity contribution < 1.29 is 23.8 Å². The van der Waals surface area contributed by atoms with Gasteiger partial charge < -0.3 is 24.1 Å². The fourth-order valence-corrected chi connectivity index (χ4v) is 4.76. The number of benzene rings is 3. The molecular weight excluding hydrogens is 496 g/mol. The minimum atomic E-state index is -0.985. The van der Waals surface area contributed by atoms with Crippen LogP contribution in [0.1, 0.15) is 34.3 Å². The molecule has 0 unspecified atom stereocenters. The molecule has 0 spiro atoms. The average Bonchev–Trinajstić information content (AvgIpc) is 2.95. The molecule has 0 radical (unpaired) electrons. The molecule has 0 saturated carbocycles. The summed E-state index contributed by atoms with van der Waals surface area (Å²) in [6.07, 6.45) is 1.70. The molecule has 2 heterocycles. The summed E-state index contributed by atoms with van der Waals surface area (Å²) in [7, 11) is 1.55. The van der Waals surface area contributed by atoms with Crippen LogP contribution in [-0.2, 0) is 29.1 Å². The van der Waals surface area contributed by atoms with Crippen molar-refractivity contribution in [2.45, 2.75) is 38.5 Å². The molecule has 1 aromatic heterocycles. The summed E-state index contributed by atoms with van der Waals surface area (Å²) >= 11 is 0. The lowest BCUT2D eigenvalue weighted by Crippen LogP contribution is -2.45. The van der Waals surface area contributed by atoms with Gasteiger partial charge in [0.15, 0.2) is 11.5 Å². The Bertz CT molecular complexity index is 1530. The number of rotatable bonds is 8. The van der Waals surface area contributed by atoms with Gasteiger partial charge in [-0.25, -0.2) is 4.79 Å². The lowest BCUT2D eigenvalue weighted by molar-refractivity contribution is -0.147. The second-order valence-corrected chi connectivity index (χ2v) is 9.41. The molecule has 1 amide bonds. The van der Waals surface area contributed by atoms with Crippen molar-refractivity contribution >= 4 is 22.8 Å². The topological polar surface area (TPSA) is 95.9 Å². The number of aromatic nitrogens is 1. The summed E-state index contributed by atoms with van der Waals surface area (Å²) in [4.78, 5) is 40.3. The fraction of sp³-hybridized carbons (Fsp3) is 0.258. The Morgan fingerprint density at radius 3 is 2.41 bits per heavy atom. The van der Waals surface area contributed by atoms with Gasteiger partial charge in [-0.15, -0.1) is 0 Å². The number of carbonyl (C=O) groups excluding carboxylic acids is 2. The van der Waals surface area contributed by atoms with Gasteiger partial charge in [-0.3, -0.25) is 9.59 Å². The van der Waals surface area contributed by atoms with Crippen molar-refractivity contribution in [2.24, 2.45) is 0 Å². The van der Waals surface area contributed by atoms with E-state index in [0.29, 0.717) is 35.6 Å². The number of nitrogens with zero attached hydrogens (tertiary/aromatic N) is 1. The van der Waals surface area contributed by atoms with Crippen LogP contribution in [-0.4, -0.2) is 36.2 Å². The maximum absolute atomic E-state index is 13.6. The molecule has 0 fully saturated rings. The zero-order valence-electron chi connectivity index (χ0n) is 21.7. The molecule has 1 aliphatic rings. The monoisotopic (exact) mass is 526 g/mol. The second-order valence-electron chi connectivity index (χ2n) is 9.41. The summed E-state index contributed by atoms with van der Waals surface area (Å²) in [5.41, 5.74) is 1.79. The molecule has 0 bridgehead atoms. The lowest BCUT2D eigenvalue weighted by Gasteiger charge is -2.22. The third kappa shape index (κ3) is 5.80.